The van der Waals surface area contributed by atoms with Gasteiger partial charge in [0, 0.05) is 16.5 Å². The van der Waals surface area contributed by atoms with Crippen LogP contribution in [0, 0.1) is 4.91 Å². The van der Waals surface area contributed by atoms with Crippen LogP contribution in [0.15, 0.2) is 27.8 Å². The highest BCUT2D eigenvalue weighted by atomic mass is 79.9. The molecule has 0 fully saturated rings. The number of carbonyl (C=O) groups excluding carboxylic acids is 1. The first-order valence-corrected chi connectivity index (χ1v) is 4.67. The van der Waals surface area contributed by atoms with Gasteiger partial charge in [0.2, 0.25) is 0 Å². The summed E-state index contributed by atoms with van der Waals surface area (Å²) in [5.74, 6) is -0.161. The molecule has 1 unspecified atom stereocenters. The first-order valence-electron chi connectivity index (χ1n) is 3.88. The molecule has 1 aliphatic carbocycles. The predicted molar refractivity (Wildman–Crippen MR) is 51.8 cm³/mol. The van der Waals surface area contributed by atoms with Gasteiger partial charge >= 0.3 is 0 Å². The minimum Gasteiger partial charge on any atom is -0.292 e. The van der Waals surface area contributed by atoms with Gasteiger partial charge in [0.25, 0.3) is 0 Å². The lowest BCUT2D eigenvalue weighted by molar-refractivity contribution is 0.0975. The van der Waals surface area contributed by atoms with Crippen LogP contribution in [0.2, 0.25) is 0 Å². The van der Waals surface area contributed by atoms with E-state index in [-0.39, 0.29) is 5.78 Å². The third-order valence-electron chi connectivity index (χ3n) is 2.21. The molecule has 0 amide bonds. The van der Waals surface area contributed by atoms with Crippen LogP contribution in [-0.2, 0) is 6.42 Å². The van der Waals surface area contributed by atoms with Crippen LogP contribution in [0.5, 0.6) is 0 Å². The molecule has 1 aromatic rings. The maximum Gasteiger partial charge on any atom is 0.191 e. The Morgan fingerprint density at radius 3 is 2.85 bits per heavy atom. The number of fused-ring (bicyclic) bond motifs is 1. The lowest BCUT2D eigenvalue weighted by Crippen LogP contribution is -2.11. The molecule has 1 aliphatic rings. The van der Waals surface area contributed by atoms with E-state index in [9.17, 15) is 9.70 Å². The minimum absolute atomic E-state index is 0.161. The van der Waals surface area contributed by atoms with Gasteiger partial charge in [0.15, 0.2) is 11.8 Å². The zero-order valence-corrected chi connectivity index (χ0v) is 8.24. The summed E-state index contributed by atoms with van der Waals surface area (Å²) in [6, 6.07) is 4.66. The summed E-state index contributed by atoms with van der Waals surface area (Å²) in [6.07, 6.45) is 0.430. The first kappa shape index (κ1) is 8.56. The van der Waals surface area contributed by atoms with Crippen molar-refractivity contribution < 1.29 is 4.79 Å². The lowest BCUT2D eigenvalue weighted by Gasteiger charge is -1.97. The van der Waals surface area contributed by atoms with Crippen LogP contribution in [0.4, 0.5) is 0 Å². The van der Waals surface area contributed by atoms with Crippen LogP contribution in [0.25, 0.3) is 0 Å². The smallest absolute Gasteiger partial charge is 0.191 e. The lowest BCUT2D eigenvalue weighted by atomic mass is 10.1. The summed E-state index contributed by atoms with van der Waals surface area (Å²) in [6.45, 7) is 0. The number of hydrogen-bond donors (Lipinski definition) is 0. The van der Waals surface area contributed by atoms with E-state index in [2.05, 4.69) is 21.1 Å². The standard InChI is InChI=1S/C9H6BrNO2/c10-7-3-1-2-5-6(7)4-8(11-13)9(5)12/h1-3,8H,4H2. The van der Waals surface area contributed by atoms with Crippen molar-refractivity contribution in [3.05, 3.63) is 38.7 Å². The van der Waals surface area contributed by atoms with Crippen LogP contribution < -0.4 is 0 Å². The van der Waals surface area contributed by atoms with Crippen molar-refractivity contribution in [1.82, 2.24) is 0 Å². The fourth-order valence-electron chi connectivity index (χ4n) is 1.55. The molecular weight excluding hydrogens is 234 g/mol. The first-order chi connectivity index (χ1) is 6.24. The van der Waals surface area contributed by atoms with Crippen molar-refractivity contribution in [1.29, 1.82) is 0 Å². The topological polar surface area (TPSA) is 46.5 Å². The van der Waals surface area contributed by atoms with Crippen molar-refractivity contribution >= 4 is 21.7 Å². The number of benzene rings is 1. The largest absolute Gasteiger partial charge is 0.292 e. The Kier molecular flexibility index (Phi) is 2.00. The highest BCUT2D eigenvalue weighted by molar-refractivity contribution is 9.10. The molecule has 13 heavy (non-hydrogen) atoms. The molecular formula is C9H6BrNO2. The monoisotopic (exact) mass is 239 g/mol. The summed E-state index contributed by atoms with van der Waals surface area (Å²) in [7, 11) is 0. The minimum atomic E-state index is -0.714. The molecule has 1 atom stereocenters. The molecule has 66 valence electrons. The van der Waals surface area contributed by atoms with E-state index in [4.69, 9.17) is 0 Å². The van der Waals surface area contributed by atoms with Crippen molar-refractivity contribution in [2.75, 3.05) is 0 Å². The Labute approximate surface area is 83.2 Å². The zero-order valence-electron chi connectivity index (χ0n) is 6.66. The normalized spacial score (nSPS) is 20.1. The third kappa shape index (κ3) is 1.21. The molecule has 0 saturated heterocycles. The summed E-state index contributed by atoms with van der Waals surface area (Å²) in [5.41, 5.74) is 1.52. The number of Topliss-reactive ketones (excluding diaryl/α,β-unsaturated/α-hetero) is 1. The number of nitrogens with zero attached hydrogens (tertiary/aromatic N) is 1. The Morgan fingerprint density at radius 2 is 2.23 bits per heavy atom. The average molecular weight is 240 g/mol. The number of ketones is 1. The molecule has 0 heterocycles. The van der Waals surface area contributed by atoms with Gasteiger partial charge in [0.05, 0.1) is 0 Å². The van der Waals surface area contributed by atoms with Gasteiger partial charge in [0.1, 0.15) is 0 Å². The fourth-order valence-corrected chi connectivity index (χ4v) is 2.08. The van der Waals surface area contributed by atoms with E-state index in [1.807, 2.05) is 6.07 Å². The maximum absolute atomic E-state index is 11.5. The predicted octanol–water partition coefficient (Wildman–Crippen LogP) is 2.32. The number of halogens is 1. The van der Waals surface area contributed by atoms with Crippen molar-refractivity contribution in [2.45, 2.75) is 12.5 Å². The fraction of sp³-hybridized carbons (Fsp3) is 0.222. The Bertz CT molecular complexity index is 389. The summed E-state index contributed by atoms with van der Waals surface area (Å²) in [4.78, 5) is 21.8. The quantitative estimate of drug-likeness (QED) is 0.707. The molecule has 1 aromatic carbocycles. The van der Waals surface area contributed by atoms with E-state index in [1.54, 1.807) is 12.1 Å². The number of carbonyl (C=O) groups is 1. The van der Waals surface area contributed by atoms with E-state index in [0.29, 0.717) is 12.0 Å². The summed E-state index contributed by atoms with van der Waals surface area (Å²) < 4.78 is 0.879. The zero-order chi connectivity index (χ0) is 9.42. The number of hydrogen-bond acceptors (Lipinski definition) is 3. The molecule has 0 aliphatic heterocycles. The molecule has 2 rings (SSSR count). The van der Waals surface area contributed by atoms with Crippen LogP contribution in [-0.4, -0.2) is 11.8 Å². The van der Waals surface area contributed by atoms with Gasteiger partial charge in [-0.05, 0) is 11.6 Å². The summed E-state index contributed by atoms with van der Waals surface area (Å²) in [5, 5.41) is 2.80. The molecule has 0 bridgehead atoms. The molecule has 0 spiro atoms. The Morgan fingerprint density at radius 1 is 1.46 bits per heavy atom. The Hall–Kier alpha value is -1.03. The SMILES string of the molecule is O=NC1Cc2c(Br)cccc2C1=O. The second-order valence-electron chi connectivity index (χ2n) is 2.96. The van der Waals surface area contributed by atoms with Gasteiger partial charge in [-0.3, -0.25) is 4.79 Å². The van der Waals surface area contributed by atoms with Gasteiger partial charge in [-0.1, -0.05) is 33.2 Å². The number of rotatable bonds is 1. The second kappa shape index (κ2) is 3.03. The summed E-state index contributed by atoms with van der Waals surface area (Å²) >= 11 is 3.34. The van der Waals surface area contributed by atoms with Gasteiger partial charge < -0.3 is 0 Å². The molecule has 0 saturated carbocycles. The van der Waals surface area contributed by atoms with E-state index in [0.717, 1.165) is 10.0 Å². The van der Waals surface area contributed by atoms with E-state index >= 15 is 0 Å². The highest BCUT2D eigenvalue weighted by Crippen LogP contribution is 2.30. The molecule has 4 heteroatoms. The Balaban J connectivity index is 2.55. The van der Waals surface area contributed by atoms with Crippen LogP contribution >= 0.6 is 15.9 Å². The van der Waals surface area contributed by atoms with Gasteiger partial charge in [-0.2, -0.15) is 4.91 Å². The second-order valence-corrected chi connectivity index (χ2v) is 3.81. The van der Waals surface area contributed by atoms with Crippen molar-refractivity contribution in [3.63, 3.8) is 0 Å². The third-order valence-corrected chi connectivity index (χ3v) is 2.95. The average Bonchev–Trinajstić information content (AvgIpc) is 2.45. The molecule has 0 radical (unpaired) electrons. The highest BCUT2D eigenvalue weighted by Gasteiger charge is 2.32. The van der Waals surface area contributed by atoms with Gasteiger partial charge in [-0.25, -0.2) is 0 Å². The van der Waals surface area contributed by atoms with E-state index < -0.39 is 6.04 Å². The molecule has 0 aromatic heterocycles. The molecule has 0 N–H and O–H groups in total. The molecule has 3 nitrogen and oxygen atoms in total. The van der Waals surface area contributed by atoms with Gasteiger partial charge in [-0.15, -0.1) is 0 Å². The van der Waals surface area contributed by atoms with Crippen molar-refractivity contribution in [2.24, 2.45) is 5.18 Å². The van der Waals surface area contributed by atoms with Crippen LogP contribution in [0.1, 0.15) is 15.9 Å². The van der Waals surface area contributed by atoms with Crippen molar-refractivity contribution in [3.8, 4) is 0 Å². The number of nitroso groups, excluding NO2 is 1. The van der Waals surface area contributed by atoms with E-state index in [1.165, 1.54) is 0 Å². The van der Waals surface area contributed by atoms with Crippen LogP contribution in [0.3, 0.4) is 0 Å². The maximum atomic E-state index is 11.5.